The molecule has 23 heavy (non-hydrogen) atoms. The van der Waals surface area contributed by atoms with Gasteiger partial charge in [-0.1, -0.05) is 25.5 Å². The van der Waals surface area contributed by atoms with E-state index in [-0.39, 0.29) is 5.56 Å². The molecule has 5 heteroatoms. The van der Waals surface area contributed by atoms with Gasteiger partial charge in [-0.2, -0.15) is 0 Å². The van der Waals surface area contributed by atoms with Crippen molar-refractivity contribution >= 4 is 11.0 Å². The fourth-order valence-electron chi connectivity index (χ4n) is 2.90. The molecule has 5 nitrogen and oxygen atoms in total. The molecule has 3 rings (SSSR count). The number of nitrogens with zero attached hydrogens (tertiary/aromatic N) is 2. The smallest absolute Gasteiger partial charge is 0.275 e. The first-order chi connectivity index (χ1) is 11.2. The van der Waals surface area contributed by atoms with Gasteiger partial charge < -0.3 is 14.3 Å². The maximum absolute atomic E-state index is 12.5. The molecule has 0 bridgehead atoms. The molecule has 0 spiro atoms. The van der Waals surface area contributed by atoms with Crippen molar-refractivity contribution in [2.24, 2.45) is 7.05 Å². The van der Waals surface area contributed by atoms with E-state index < -0.39 is 0 Å². The average molecular weight is 311 g/mol. The molecule has 1 N–H and O–H groups in total. The van der Waals surface area contributed by atoms with Gasteiger partial charge in [0, 0.05) is 13.2 Å². The largest absolute Gasteiger partial charge is 0.493 e. The number of aromatic nitrogens is 3. The summed E-state index contributed by atoms with van der Waals surface area (Å²) >= 11 is 0. The number of benzene rings is 1. The van der Waals surface area contributed by atoms with Gasteiger partial charge in [0.15, 0.2) is 0 Å². The van der Waals surface area contributed by atoms with Crippen LogP contribution in [0.1, 0.15) is 25.8 Å². The summed E-state index contributed by atoms with van der Waals surface area (Å²) in [5.74, 6) is 1.28. The van der Waals surface area contributed by atoms with Gasteiger partial charge in [0.1, 0.15) is 17.1 Å². The van der Waals surface area contributed by atoms with Crippen LogP contribution in [0, 0.1) is 0 Å². The maximum Gasteiger partial charge on any atom is 0.275 e. The zero-order valence-electron chi connectivity index (χ0n) is 13.7. The molecule has 0 aliphatic carbocycles. The molecule has 0 aliphatic rings. The van der Waals surface area contributed by atoms with E-state index in [9.17, 15) is 4.79 Å². The van der Waals surface area contributed by atoms with Crippen LogP contribution in [-0.4, -0.2) is 21.1 Å². The lowest BCUT2D eigenvalue weighted by Crippen LogP contribution is -2.12. The number of hydrogen-bond acceptors (Lipinski definition) is 3. The zero-order valence-corrected chi connectivity index (χ0v) is 13.7. The molecule has 3 aromatic rings. The number of rotatable bonds is 5. The Bertz CT molecular complexity index is 893. The third-order valence-electron chi connectivity index (χ3n) is 3.86. The van der Waals surface area contributed by atoms with Gasteiger partial charge in [-0.3, -0.25) is 4.79 Å². The summed E-state index contributed by atoms with van der Waals surface area (Å²) < 4.78 is 7.51. The molecule has 120 valence electrons. The van der Waals surface area contributed by atoms with Crippen LogP contribution < -0.4 is 10.3 Å². The highest BCUT2D eigenvalue weighted by atomic mass is 16.5. The molecule has 1 aromatic carbocycles. The van der Waals surface area contributed by atoms with Gasteiger partial charge >= 0.3 is 0 Å². The highest BCUT2D eigenvalue weighted by molar-refractivity contribution is 5.81. The van der Waals surface area contributed by atoms with E-state index in [0.717, 1.165) is 35.2 Å². The molecule has 0 amide bonds. The van der Waals surface area contributed by atoms with E-state index in [0.29, 0.717) is 17.9 Å². The summed E-state index contributed by atoms with van der Waals surface area (Å²) in [5.41, 5.74) is 3.18. The number of hydrogen-bond donors (Lipinski definition) is 1. The van der Waals surface area contributed by atoms with Crippen LogP contribution in [0.4, 0.5) is 0 Å². The standard InChI is InChI=1S/C18H21N3O2/c1-4-8-12-11-21(3)16-15(12)19-17(20-18(16)22)13-9-6-7-10-14(13)23-5-2/h6-7,9-11H,4-5,8H2,1-3H3,(H,19,20,22). The molecule has 0 radical (unpaired) electrons. The SMILES string of the molecule is CCCc1cn(C)c2c(=O)[nH]c(-c3ccccc3OCC)nc12. The van der Waals surface area contributed by atoms with E-state index in [1.807, 2.05) is 49.0 Å². The lowest BCUT2D eigenvalue weighted by Gasteiger charge is -2.09. The van der Waals surface area contributed by atoms with Crippen molar-refractivity contribution in [3.05, 3.63) is 46.4 Å². The van der Waals surface area contributed by atoms with Crippen molar-refractivity contribution in [3.63, 3.8) is 0 Å². The Morgan fingerprint density at radius 2 is 2.04 bits per heavy atom. The van der Waals surface area contributed by atoms with Crippen molar-refractivity contribution in [2.45, 2.75) is 26.7 Å². The number of H-pyrrole nitrogens is 1. The van der Waals surface area contributed by atoms with Crippen molar-refractivity contribution in [1.82, 2.24) is 14.5 Å². The quantitative estimate of drug-likeness (QED) is 0.786. The second kappa shape index (κ2) is 6.28. The molecule has 0 unspecified atom stereocenters. The summed E-state index contributed by atoms with van der Waals surface area (Å²) in [7, 11) is 1.88. The molecule has 0 saturated carbocycles. The van der Waals surface area contributed by atoms with Gasteiger partial charge in [0.25, 0.3) is 5.56 Å². The minimum atomic E-state index is -0.124. The summed E-state index contributed by atoms with van der Waals surface area (Å²) in [4.78, 5) is 20.1. The lowest BCUT2D eigenvalue weighted by atomic mass is 10.1. The number of aromatic amines is 1. The summed E-state index contributed by atoms with van der Waals surface area (Å²) in [5, 5.41) is 0. The van der Waals surface area contributed by atoms with E-state index in [1.165, 1.54) is 0 Å². The maximum atomic E-state index is 12.5. The van der Waals surface area contributed by atoms with Gasteiger partial charge in [0.05, 0.1) is 17.7 Å². The molecule has 0 saturated heterocycles. The Kier molecular flexibility index (Phi) is 4.19. The second-order valence-electron chi connectivity index (χ2n) is 5.56. The molecule has 0 atom stereocenters. The van der Waals surface area contributed by atoms with Crippen molar-refractivity contribution in [1.29, 1.82) is 0 Å². The Labute approximate surface area is 134 Å². The topological polar surface area (TPSA) is 59.9 Å². The first kappa shape index (κ1) is 15.3. The molecule has 0 aliphatic heterocycles. The van der Waals surface area contributed by atoms with Crippen LogP contribution in [0.5, 0.6) is 5.75 Å². The fourth-order valence-corrected chi connectivity index (χ4v) is 2.90. The molecule has 0 fully saturated rings. The Morgan fingerprint density at radius 3 is 2.78 bits per heavy atom. The molecular formula is C18H21N3O2. The minimum absolute atomic E-state index is 0.124. The van der Waals surface area contributed by atoms with Gasteiger partial charge in [-0.15, -0.1) is 0 Å². The second-order valence-corrected chi connectivity index (χ2v) is 5.56. The molecule has 2 aromatic heterocycles. The fraction of sp³-hybridized carbons (Fsp3) is 0.333. The molecule has 2 heterocycles. The first-order valence-corrected chi connectivity index (χ1v) is 7.96. The number of aryl methyl sites for hydroxylation is 2. The van der Waals surface area contributed by atoms with E-state index in [2.05, 4.69) is 11.9 Å². The first-order valence-electron chi connectivity index (χ1n) is 7.96. The summed E-state index contributed by atoms with van der Waals surface area (Å²) in [6, 6.07) is 7.63. The Morgan fingerprint density at radius 1 is 1.26 bits per heavy atom. The van der Waals surface area contributed by atoms with Gasteiger partial charge in [-0.05, 0) is 31.0 Å². The number of nitrogens with one attached hydrogen (secondary N) is 1. The van der Waals surface area contributed by atoms with Crippen LogP contribution in [0.15, 0.2) is 35.3 Å². The van der Waals surface area contributed by atoms with Crippen LogP contribution >= 0.6 is 0 Å². The third kappa shape index (κ3) is 2.74. The zero-order chi connectivity index (χ0) is 16.4. The predicted molar refractivity (Wildman–Crippen MR) is 91.9 cm³/mol. The van der Waals surface area contributed by atoms with E-state index in [1.54, 1.807) is 0 Å². The van der Waals surface area contributed by atoms with Crippen LogP contribution in [-0.2, 0) is 13.5 Å². The normalized spacial score (nSPS) is 11.1. The highest BCUT2D eigenvalue weighted by Crippen LogP contribution is 2.28. The highest BCUT2D eigenvalue weighted by Gasteiger charge is 2.15. The van der Waals surface area contributed by atoms with Crippen molar-refractivity contribution in [2.75, 3.05) is 6.61 Å². The van der Waals surface area contributed by atoms with Gasteiger partial charge in [0.2, 0.25) is 0 Å². The van der Waals surface area contributed by atoms with Gasteiger partial charge in [-0.25, -0.2) is 4.98 Å². The van der Waals surface area contributed by atoms with E-state index >= 15 is 0 Å². The average Bonchev–Trinajstić information content (AvgIpc) is 2.85. The summed E-state index contributed by atoms with van der Waals surface area (Å²) in [6.07, 6.45) is 3.91. The Balaban J connectivity index is 2.24. The van der Waals surface area contributed by atoms with Crippen molar-refractivity contribution in [3.8, 4) is 17.1 Å². The Hall–Kier alpha value is -2.56. The lowest BCUT2D eigenvalue weighted by molar-refractivity contribution is 0.341. The monoisotopic (exact) mass is 311 g/mol. The predicted octanol–water partition coefficient (Wildman–Crippen LogP) is 3.28. The van der Waals surface area contributed by atoms with Crippen LogP contribution in [0.3, 0.4) is 0 Å². The number of fused-ring (bicyclic) bond motifs is 1. The number of ether oxygens (including phenoxy) is 1. The van der Waals surface area contributed by atoms with E-state index in [4.69, 9.17) is 9.72 Å². The summed E-state index contributed by atoms with van der Waals surface area (Å²) in [6.45, 7) is 4.62. The number of para-hydroxylation sites is 1. The van der Waals surface area contributed by atoms with Crippen LogP contribution in [0.25, 0.3) is 22.4 Å². The molecular weight excluding hydrogens is 290 g/mol. The third-order valence-corrected chi connectivity index (χ3v) is 3.86. The van der Waals surface area contributed by atoms with Crippen molar-refractivity contribution < 1.29 is 4.74 Å². The minimum Gasteiger partial charge on any atom is -0.493 e. The van der Waals surface area contributed by atoms with Crippen LogP contribution in [0.2, 0.25) is 0 Å².